The molecule has 2 saturated heterocycles. The number of guanidine groups is 1. The number of hydrogen-bond acceptors (Lipinski definition) is 31. The van der Waals surface area contributed by atoms with Crippen molar-refractivity contribution in [2.24, 2.45) is 40.5 Å². The van der Waals surface area contributed by atoms with E-state index in [0.717, 1.165) is 37.5 Å². The van der Waals surface area contributed by atoms with Crippen molar-refractivity contribution in [3.63, 3.8) is 0 Å². The van der Waals surface area contributed by atoms with Gasteiger partial charge in [0.1, 0.15) is 96.4 Å². The highest BCUT2D eigenvalue weighted by Gasteiger charge is 2.45. The van der Waals surface area contributed by atoms with E-state index in [1.807, 2.05) is 0 Å². The van der Waals surface area contributed by atoms with Crippen molar-refractivity contribution in [3.8, 4) is 5.75 Å². The van der Waals surface area contributed by atoms with E-state index < -0.39 is 309 Å². The lowest BCUT2D eigenvalue weighted by molar-refractivity contribution is -0.150. The number of carbonyl (C=O) groups excluding carboxylic acids is 19. The predicted octanol–water partition coefficient (Wildman–Crippen LogP) is -12.2. The first kappa shape index (κ1) is 119. The Hall–Kier alpha value is -13.9. The Bertz CT molecular complexity index is 4640. The maximum absolute atomic E-state index is 15.2. The number of aromatic hydroxyl groups is 1. The van der Waals surface area contributed by atoms with Crippen LogP contribution in [0.1, 0.15) is 169 Å². The molecular weight excluding hydrogens is 1860 g/mol. The Kier molecular flexibility index (Phi) is 50.4. The number of aliphatic carboxylic acids is 2. The fraction of sp³-hybridized carbons (Fsp3) is 0.640. The Morgan fingerprint density at radius 1 is 0.454 bits per heavy atom. The fourth-order valence-corrected chi connectivity index (χ4v) is 15.0. The summed E-state index contributed by atoms with van der Waals surface area (Å²) in [4.78, 5) is 296. The summed E-state index contributed by atoms with van der Waals surface area (Å²) >= 11 is 0. The number of carboxylic acids is 2. The highest BCUT2D eigenvalue weighted by molar-refractivity contribution is 6.02. The van der Waals surface area contributed by atoms with Crippen LogP contribution in [0.15, 0.2) is 36.8 Å². The molecular formula is C86H138N26O29. The Labute approximate surface area is 810 Å². The standard InChI is InChI=1S/C86H138N26O29/c1-40(2)30-53(102-70(125)49(88)22-25-65(123)124)76(131)104-55(33-47-35-93-39-97-47)77(132)99-50(14-9-10-26-87)72(127)103-54(31-41(3)4)75(130)100-52(23-24-61(89)119)74(129)110-68(44(7)116)82(137)106-57(32-46-18-20-48(118)21-19-46)83(138)111-28-12-16-59(111)79(134)101-51(15-11-27-94-86(91)92)73(128)109-67(43(6)115)81(136)105-56(34-62(90)120)78(133)108-66(42(5)114)80(135)96-36-63(121)98-58(38-113)71(126)95-37-64(122)107-69(45(8)117)84(139)112-29-13-17-60(112)85(140)141/h18-21,35,39-45,49-60,66-69,113-118H,9-17,22-34,36-38,87-88H2,1-8H3,(H2,89,119)(H2,90,120)(H,93,97)(H,95,126)(H,96,135)(H,98,121)(H,99,132)(H,100,130)(H,101,134)(H,102,125)(H,103,127)(H,104,131)(H,105,136)(H,106,137)(H,107,122)(H,108,133)(H,109,128)(H,110,129)(H,123,124)(H,140,141)(H4,91,92,94)/t42-,43-,44-,45-,49+,50+,51+,52+,53+,54+,55+,56+,57+,58+,59+,60+,66+,67+,68+,69+/m1/s1. The molecule has 2 aliphatic heterocycles. The lowest BCUT2D eigenvalue weighted by Gasteiger charge is -2.32. The fourth-order valence-electron chi connectivity index (χ4n) is 15.0. The van der Waals surface area contributed by atoms with Crippen LogP contribution in [0.5, 0.6) is 5.75 Å². The van der Waals surface area contributed by atoms with Crippen molar-refractivity contribution < 1.29 is 142 Å². The van der Waals surface area contributed by atoms with Gasteiger partial charge in [0.2, 0.25) is 112 Å². The third kappa shape index (κ3) is 41.2. The number of aliphatic hydroxyl groups is 5. The minimum Gasteiger partial charge on any atom is -0.508 e. The van der Waals surface area contributed by atoms with Crippen LogP contribution in [0.25, 0.3) is 0 Å². The van der Waals surface area contributed by atoms with Gasteiger partial charge in [-0.1, -0.05) is 39.8 Å². The second-order valence-corrected chi connectivity index (χ2v) is 35.3. The average Bonchev–Trinajstić information content (AvgIpc) is 1.42. The molecule has 2 aromatic rings. The molecule has 36 N–H and O–H groups in total. The normalized spacial score (nSPS) is 17.2. The van der Waals surface area contributed by atoms with Crippen LogP contribution in [-0.4, -0.2) is 358 Å². The van der Waals surface area contributed by atoms with Crippen LogP contribution in [0.2, 0.25) is 0 Å². The topological polar surface area (TPSA) is 902 Å². The summed E-state index contributed by atoms with van der Waals surface area (Å²) in [5.41, 5.74) is 28.9. The third-order valence-electron chi connectivity index (χ3n) is 22.4. The van der Waals surface area contributed by atoms with Crippen LogP contribution in [-0.2, 0) is 114 Å². The van der Waals surface area contributed by atoms with E-state index in [4.69, 9.17) is 34.1 Å². The Balaban J connectivity index is 1.57. The van der Waals surface area contributed by atoms with Crippen molar-refractivity contribution in [3.05, 3.63) is 48.0 Å². The van der Waals surface area contributed by atoms with Crippen LogP contribution in [0.4, 0.5) is 0 Å². The number of imidazole rings is 1. The molecule has 55 heteroatoms. The summed E-state index contributed by atoms with van der Waals surface area (Å²) < 4.78 is 0. The number of carbonyl (C=O) groups is 21. The number of phenols is 1. The molecule has 1 aromatic carbocycles. The van der Waals surface area contributed by atoms with Crippen LogP contribution < -0.4 is 114 Å². The number of aromatic nitrogens is 2. The van der Waals surface area contributed by atoms with E-state index in [-0.39, 0.29) is 120 Å². The monoisotopic (exact) mass is 2000 g/mol. The number of benzene rings is 1. The van der Waals surface area contributed by atoms with E-state index in [2.05, 4.69) is 95.0 Å². The number of H-pyrrole nitrogens is 1. The van der Waals surface area contributed by atoms with Gasteiger partial charge >= 0.3 is 11.9 Å². The molecule has 0 aliphatic carbocycles. The van der Waals surface area contributed by atoms with Crippen LogP contribution in [0.3, 0.4) is 0 Å². The smallest absolute Gasteiger partial charge is 0.326 e. The van der Waals surface area contributed by atoms with Crippen LogP contribution >= 0.6 is 0 Å². The summed E-state index contributed by atoms with van der Waals surface area (Å²) in [6.07, 6.45) is -7.81. The summed E-state index contributed by atoms with van der Waals surface area (Å²) in [6, 6.07) is -21.7. The number of carboxylic acid groups (broad SMARTS) is 2. The molecule has 3 heterocycles. The van der Waals surface area contributed by atoms with E-state index in [1.165, 1.54) is 36.8 Å². The molecule has 2 aliphatic rings. The van der Waals surface area contributed by atoms with Gasteiger partial charge in [0.25, 0.3) is 0 Å². The zero-order chi connectivity index (χ0) is 106. The molecule has 786 valence electrons. The van der Waals surface area contributed by atoms with Gasteiger partial charge in [0.15, 0.2) is 5.96 Å². The lowest BCUT2D eigenvalue weighted by atomic mass is 10.00. The molecule has 1 aromatic heterocycles. The van der Waals surface area contributed by atoms with E-state index >= 15 is 4.79 Å². The lowest BCUT2D eigenvalue weighted by Crippen LogP contribution is -2.63. The highest BCUT2D eigenvalue weighted by Crippen LogP contribution is 2.24. The number of rotatable bonds is 62. The number of primary amides is 2. The molecule has 0 saturated carbocycles. The van der Waals surface area contributed by atoms with Gasteiger partial charge in [-0.05, 0) is 147 Å². The van der Waals surface area contributed by atoms with E-state index in [9.17, 15) is 137 Å². The average molecular weight is 2000 g/mol. The number of likely N-dealkylation sites (tertiary alicyclic amines) is 2. The number of nitrogens with two attached hydrogens (primary N) is 5. The van der Waals surface area contributed by atoms with E-state index in [0.29, 0.717) is 12.8 Å². The number of nitrogens with one attached hydrogen (secondary N) is 18. The molecule has 20 atom stereocenters. The molecule has 141 heavy (non-hydrogen) atoms. The van der Waals surface area contributed by atoms with Gasteiger partial charge in [-0.25, -0.2) is 9.78 Å². The van der Waals surface area contributed by atoms with Gasteiger partial charge in [0, 0.05) is 51.5 Å². The minimum absolute atomic E-state index is 0.0174. The first-order valence-electron chi connectivity index (χ1n) is 46.0. The highest BCUT2D eigenvalue weighted by atomic mass is 16.4. The van der Waals surface area contributed by atoms with Crippen molar-refractivity contribution in [2.75, 3.05) is 45.9 Å². The predicted molar refractivity (Wildman–Crippen MR) is 494 cm³/mol. The van der Waals surface area contributed by atoms with Gasteiger partial charge in [-0.15, -0.1) is 0 Å². The number of aromatic amines is 1. The van der Waals surface area contributed by atoms with E-state index in [1.54, 1.807) is 27.7 Å². The number of aliphatic hydroxyl groups excluding tert-OH is 5. The molecule has 0 bridgehead atoms. The van der Waals surface area contributed by atoms with Gasteiger partial charge in [0.05, 0.1) is 68.6 Å². The SMILES string of the molecule is CC(C)C[C@H](NC(=O)[C@H](CCCCN)NC(=O)[C@H](Cc1c[nH]cn1)NC(=O)[C@H](CC(C)C)NC(=O)[C@@H](N)CCC(=O)O)C(=O)N[C@@H](CCC(N)=O)C(=O)N[C@H](C(=O)N[C@@H](Cc1ccc(O)cc1)C(=O)N1CCC[C@H]1C(=O)N[C@@H](CCCNC(=N)N)C(=O)N[C@H](C(=O)N[C@@H](CC(N)=O)C(=O)N[C@H](C(=O)NCC(=O)N[C@@H](CO)C(=O)NCC(=O)N[C@H](C(=O)N1CCC[C@H]1C(=O)O)[C@@H](C)O)[C@@H](C)O)[C@@H](C)O)[C@@H](C)O. The molecule has 2 fully saturated rings. The zero-order valence-electron chi connectivity index (χ0n) is 79.7. The van der Waals surface area contributed by atoms with Crippen molar-refractivity contribution in [1.82, 2.24) is 105 Å². The Morgan fingerprint density at radius 3 is 1.39 bits per heavy atom. The molecule has 19 amide bonds. The number of phenolic OH excluding ortho intramolecular Hbond substituents is 1. The second kappa shape index (κ2) is 59.5. The minimum atomic E-state index is -2.11. The van der Waals surface area contributed by atoms with Crippen molar-refractivity contribution in [2.45, 2.75) is 292 Å². The summed E-state index contributed by atoms with van der Waals surface area (Å²) in [5, 5.41) is 128. The summed E-state index contributed by atoms with van der Waals surface area (Å²) in [7, 11) is 0. The number of nitrogens with zero attached hydrogens (tertiary/aromatic N) is 3. The van der Waals surface area contributed by atoms with Gasteiger partial charge in [-0.2, -0.15) is 0 Å². The summed E-state index contributed by atoms with van der Waals surface area (Å²) in [5.74, 6) is -25.1. The maximum atomic E-state index is 15.2. The third-order valence-corrected chi connectivity index (χ3v) is 22.4. The van der Waals surface area contributed by atoms with Gasteiger partial charge in [-0.3, -0.25) is 101 Å². The Morgan fingerprint density at radius 2 is 0.901 bits per heavy atom. The molecule has 4 rings (SSSR count). The zero-order valence-corrected chi connectivity index (χ0v) is 79.7. The largest absolute Gasteiger partial charge is 0.508 e. The first-order chi connectivity index (χ1) is 66.3. The quantitative estimate of drug-likeness (QED) is 0.0166. The molecule has 0 radical (unpaired) electrons. The number of amides is 19. The molecule has 0 spiro atoms. The molecule has 55 nitrogen and oxygen atoms in total. The number of unbranched alkanes of at least 4 members (excludes halogenated alkanes) is 1. The number of hydrogen-bond donors (Lipinski definition) is 31. The maximum Gasteiger partial charge on any atom is 0.326 e. The van der Waals surface area contributed by atoms with Crippen LogP contribution in [0, 0.1) is 17.2 Å². The van der Waals surface area contributed by atoms with Gasteiger partial charge < -0.3 is 169 Å². The summed E-state index contributed by atoms with van der Waals surface area (Å²) in [6.45, 7) is 7.82. The first-order valence-corrected chi connectivity index (χ1v) is 46.0. The second-order valence-electron chi connectivity index (χ2n) is 35.3. The molecule has 0 unspecified atom stereocenters. The van der Waals surface area contributed by atoms with Crippen molar-refractivity contribution in [1.29, 1.82) is 5.41 Å². The van der Waals surface area contributed by atoms with Crippen molar-refractivity contribution >= 4 is 130 Å².